The van der Waals surface area contributed by atoms with E-state index in [1.807, 2.05) is 60.7 Å². The Morgan fingerprint density at radius 1 is 0.833 bits per heavy atom. The zero-order valence-corrected chi connectivity index (χ0v) is 18.6. The van der Waals surface area contributed by atoms with Gasteiger partial charge in [-0.15, -0.1) is 0 Å². The van der Waals surface area contributed by atoms with Crippen LogP contribution in [0, 0.1) is 0 Å². The van der Waals surface area contributed by atoms with Gasteiger partial charge in [0.2, 0.25) is 0 Å². The molecule has 0 saturated carbocycles. The van der Waals surface area contributed by atoms with Crippen molar-refractivity contribution in [2.24, 2.45) is 0 Å². The van der Waals surface area contributed by atoms with Gasteiger partial charge in [-0.25, -0.2) is 0 Å². The van der Waals surface area contributed by atoms with Crippen molar-refractivity contribution < 1.29 is 17.2 Å². The topological polar surface area (TPSA) is 66.1 Å². The van der Waals surface area contributed by atoms with E-state index < -0.39 is 0 Å². The van der Waals surface area contributed by atoms with Crippen LogP contribution in [0.15, 0.2) is 73.1 Å². The second kappa shape index (κ2) is 10.2. The van der Waals surface area contributed by atoms with Crippen molar-refractivity contribution in [1.29, 1.82) is 0 Å². The molecule has 0 fully saturated rings. The predicted molar refractivity (Wildman–Crippen MR) is 123 cm³/mol. The molecule has 0 aliphatic carbocycles. The maximum Gasteiger partial charge on any atom is 0.257 e. The van der Waals surface area contributed by atoms with E-state index in [1.165, 1.54) is 5.56 Å². The molecule has 0 saturated heterocycles. The number of hydrogen-bond donors (Lipinski definition) is 3. The first kappa shape index (κ1) is 23.3. The van der Waals surface area contributed by atoms with Gasteiger partial charge in [-0.3, -0.25) is 15.1 Å². The highest BCUT2D eigenvalue weighted by Gasteiger charge is 2.14. The number of halogens is 1. The van der Waals surface area contributed by atoms with Crippen LogP contribution in [0.3, 0.4) is 0 Å². The number of nitrogens with zero attached hydrogens (tertiary/aromatic N) is 1. The number of thiocarbonyl (C=S) groups is 1. The minimum atomic E-state index is -0.237. The molecule has 1 amide bonds. The number of anilines is 3. The molecule has 0 unspecified atom stereocenters. The molecule has 0 radical (unpaired) electrons. The summed E-state index contributed by atoms with van der Waals surface area (Å²) in [7, 11) is 0. The van der Waals surface area contributed by atoms with Crippen LogP contribution in [0.25, 0.3) is 0 Å². The standard InChI is InChI=1S/C23H24N4OS.ClH/c1-23(2,3)17-6-4-16(5-7-17)21(28)27-22(29)26-19-10-8-18(9-11-19)25-20-12-14-24-15-13-20;/h4-15H,1-3H3,(H,24,25)(H2,26,27,28,29);1H/p-1. The Kier molecular flexibility index (Phi) is 7.92. The van der Waals surface area contributed by atoms with E-state index in [4.69, 9.17) is 12.2 Å². The van der Waals surface area contributed by atoms with Gasteiger partial charge < -0.3 is 23.0 Å². The predicted octanol–water partition coefficient (Wildman–Crippen LogP) is 2.25. The lowest BCUT2D eigenvalue weighted by molar-refractivity contribution is -0.0000145. The van der Waals surface area contributed by atoms with Gasteiger partial charge in [0.25, 0.3) is 5.91 Å². The Balaban J connectivity index is 0.00000320. The van der Waals surface area contributed by atoms with Crippen molar-refractivity contribution in [3.8, 4) is 0 Å². The van der Waals surface area contributed by atoms with E-state index in [2.05, 4.69) is 41.7 Å². The van der Waals surface area contributed by atoms with Crippen LogP contribution in [0.5, 0.6) is 0 Å². The lowest BCUT2D eigenvalue weighted by Gasteiger charge is -2.19. The van der Waals surface area contributed by atoms with Gasteiger partial charge in [0.15, 0.2) is 5.11 Å². The average molecular weight is 440 g/mol. The van der Waals surface area contributed by atoms with Crippen LogP contribution in [-0.4, -0.2) is 16.0 Å². The fraction of sp³-hybridized carbons (Fsp3) is 0.174. The Hall–Kier alpha value is -2.96. The first-order valence-electron chi connectivity index (χ1n) is 9.31. The lowest BCUT2D eigenvalue weighted by atomic mass is 9.87. The van der Waals surface area contributed by atoms with Crippen LogP contribution in [-0.2, 0) is 5.41 Å². The van der Waals surface area contributed by atoms with E-state index >= 15 is 0 Å². The normalized spacial score (nSPS) is 10.5. The summed E-state index contributed by atoms with van der Waals surface area (Å²) in [6, 6.07) is 19.0. The Morgan fingerprint density at radius 3 is 1.93 bits per heavy atom. The molecule has 0 bridgehead atoms. The fourth-order valence-corrected chi connectivity index (χ4v) is 2.91. The van der Waals surface area contributed by atoms with E-state index in [9.17, 15) is 4.79 Å². The molecule has 0 aliphatic rings. The minimum Gasteiger partial charge on any atom is -1.00 e. The van der Waals surface area contributed by atoms with Crippen LogP contribution >= 0.6 is 12.2 Å². The highest BCUT2D eigenvalue weighted by Crippen LogP contribution is 2.22. The van der Waals surface area contributed by atoms with E-state index in [-0.39, 0.29) is 28.8 Å². The highest BCUT2D eigenvalue weighted by molar-refractivity contribution is 7.80. The smallest absolute Gasteiger partial charge is 0.257 e. The van der Waals surface area contributed by atoms with Crippen molar-refractivity contribution in [3.63, 3.8) is 0 Å². The third-order valence-electron chi connectivity index (χ3n) is 4.35. The first-order valence-corrected chi connectivity index (χ1v) is 9.72. The van der Waals surface area contributed by atoms with Gasteiger partial charge in [-0.1, -0.05) is 32.9 Å². The molecule has 1 heterocycles. The number of rotatable bonds is 4. The number of benzene rings is 2. The Bertz CT molecular complexity index is 984. The van der Waals surface area contributed by atoms with Crippen LogP contribution in [0.2, 0.25) is 0 Å². The van der Waals surface area contributed by atoms with Gasteiger partial charge in [-0.05, 0) is 71.7 Å². The van der Waals surface area contributed by atoms with E-state index in [0.29, 0.717) is 5.56 Å². The van der Waals surface area contributed by atoms with E-state index in [0.717, 1.165) is 17.1 Å². The van der Waals surface area contributed by atoms with Crippen molar-refractivity contribution in [1.82, 2.24) is 10.3 Å². The molecule has 5 nitrogen and oxygen atoms in total. The number of aromatic nitrogens is 1. The highest BCUT2D eigenvalue weighted by atomic mass is 35.5. The van der Waals surface area contributed by atoms with Gasteiger partial charge in [0, 0.05) is 35.0 Å². The molecule has 3 aromatic rings. The first-order chi connectivity index (χ1) is 13.8. The molecule has 1 aromatic heterocycles. The number of hydrogen-bond acceptors (Lipinski definition) is 4. The summed E-state index contributed by atoms with van der Waals surface area (Å²) in [5.74, 6) is -0.237. The van der Waals surface area contributed by atoms with Crippen molar-refractivity contribution in [2.45, 2.75) is 26.2 Å². The fourth-order valence-electron chi connectivity index (χ4n) is 2.70. The Morgan fingerprint density at radius 2 is 1.37 bits per heavy atom. The summed E-state index contributed by atoms with van der Waals surface area (Å²) in [6.45, 7) is 6.41. The molecule has 2 aromatic carbocycles. The van der Waals surface area contributed by atoms with Gasteiger partial charge in [-0.2, -0.15) is 0 Å². The van der Waals surface area contributed by atoms with Crippen molar-refractivity contribution in [3.05, 3.63) is 84.2 Å². The molecule has 156 valence electrons. The Labute approximate surface area is 188 Å². The lowest BCUT2D eigenvalue weighted by Crippen LogP contribution is -3.00. The second-order valence-corrected chi connectivity index (χ2v) is 8.08. The van der Waals surface area contributed by atoms with Crippen LogP contribution in [0.4, 0.5) is 17.1 Å². The molecule has 0 aliphatic heterocycles. The van der Waals surface area contributed by atoms with Crippen molar-refractivity contribution in [2.75, 3.05) is 10.6 Å². The summed E-state index contributed by atoms with van der Waals surface area (Å²) in [4.78, 5) is 16.4. The molecule has 3 rings (SSSR count). The number of pyridine rings is 1. The molecule has 0 atom stereocenters. The summed E-state index contributed by atoms with van der Waals surface area (Å²) >= 11 is 5.27. The molecule has 30 heavy (non-hydrogen) atoms. The molecular weight excluding hydrogens is 416 g/mol. The minimum absolute atomic E-state index is 0. The number of carbonyl (C=O) groups excluding carboxylic acids is 1. The second-order valence-electron chi connectivity index (χ2n) is 7.67. The maximum absolute atomic E-state index is 12.4. The zero-order valence-electron chi connectivity index (χ0n) is 17.1. The summed E-state index contributed by atoms with van der Waals surface area (Å²) < 4.78 is 0. The molecular formula is C23H24ClN4OS-. The number of carbonyl (C=O) groups is 1. The number of nitrogens with one attached hydrogen (secondary N) is 3. The van der Waals surface area contributed by atoms with Crippen LogP contribution < -0.4 is 28.4 Å². The average Bonchev–Trinajstić information content (AvgIpc) is 2.69. The maximum atomic E-state index is 12.4. The van der Waals surface area contributed by atoms with Crippen molar-refractivity contribution >= 4 is 40.3 Å². The van der Waals surface area contributed by atoms with Gasteiger partial charge in [0.05, 0.1) is 0 Å². The zero-order chi connectivity index (χ0) is 20.9. The summed E-state index contributed by atoms with van der Waals surface area (Å²) in [6.07, 6.45) is 3.46. The third kappa shape index (κ3) is 6.54. The molecule has 7 heteroatoms. The third-order valence-corrected chi connectivity index (χ3v) is 4.56. The van der Waals surface area contributed by atoms with Gasteiger partial charge >= 0.3 is 0 Å². The molecule has 0 spiro atoms. The largest absolute Gasteiger partial charge is 1.00 e. The van der Waals surface area contributed by atoms with Gasteiger partial charge in [0.1, 0.15) is 0 Å². The van der Waals surface area contributed by atoms with Crippen LogP contribution in [0.1, 0.15) is 36.7 Å². The quantitative estimate of drug-likeness (QED) is 0.544. The van der Waals surface area contributed by atoms with E-state index in [1.54, 1.807) is 12.4 Å². The number of amides is 1. The summed E-state index contributed by atoms with van der Waals surface area (Å²) in [5, 5.41) is 9.28. The summed E-state index contributed by atoms with van der Waals surface area (Å²) in [5.41, 5.74) is 4.48. The molecule has 3 N–H and O–H groups in total. The monoisotopic (exact) mass is 439 g/mol. The SMILES string of the molecule is CC(C)(C)c1ccc(C(=O)NC(=S)Nc2ccc(Nc3ccncc3)cc2)cc1.[Cl-].